The van der Waals surface area contributed by atoms with E-state index in [4.69, 9.17) is 21.1 Å². The third kappa shape index (κ3) is 4.37. The Balaban J connectivity index is 3.12. The highest BCUT2D eigenvalue weighted by molar-refractivity contribution is 6.30. The molecule has 3 nitrogen and oxygen atoms in total. The van der Waals surface area contributed by atoms with Crippen molar-refractivity contribution in [3.8, 4) is 5.75 Å². The van der Waals surface area contributed by atoms with E-state index in [1.54, 1.807) is 14.2 Å². The molecule has 0 aliphatic heterocycles. The first-order valence-electron chi connectivity index (χ1n) is 6.77. The number of methoxy groups -OCH3 is 2. The lowest BCUT2D eigenvalue weighted by Gasteiger charge is -2.28. The van der Waals surface area contributed by atoms with E-state index in [0.717, 1.165) is 30.7 Å². The average Bonchev–Trinajstić information content (AvgIpc) is 2.42. The average molecular weight is 286 g/mol. The van der Waals surface area contributed by atoms with Gasteiger partial charge in [-0.25, -0.2) is 0 Å². The van der Waals surface area contributed by atoms with Crippen LogP contribution < -0.4 is 10.1 Å². The molecule has 4 heteroatoms. The highest BCUT2D eigenvalue weighted by atomic mass is 35.5. The topological polar surface area (TPSA) is 30.5 Å². The summed E-state index contributed by atoms with van der Waals surface area (Å²) in [6.45, 7) is 5.11. The summed E-state index contributed by atoms with van der Waals surface area (Å²) in [7, 11) is 3.43. The van der Waals surface area contributed by atoms with E-state index in [2.05, 4.69) is 19.2 Å². The molecule has 1 N–H and O–H groups in total. The van der Waals surface area contributed by atoms with Crippen molar-refractivity contribution in [1.82, 2.24) is 5.32 Å². The number of ether oxygens (including phenoxy) is 2. The van der Waals surface area contributed by atoms with Crippen LogP contribution >= 0.6 is 11.6 Å². The molecular weight excluding hydrogens is 262 g/mol. The number of hydrogen-bond donors (Lipinski definition) is 1. The fourth-order valence-electron chi connectivity index (χ4n) is 2.31. The molecule has 19 heavy (non-hydrogen) atoms. The van der Waals surface area contributed by atoms with Crippen LogP contribution in [0.2, 0.25) is 5.02 Å². The molecule has 1 aromatic carbocycles. The van der Waals surface area contributed by atoms with Crippen LogP contribution in [0.15, 0.2) is 18.2 Å². The molecule has 1 rings (SSSR count). The molecule has 0 aliphatic rings. The van der Waals surface area contributed by atoms with Crippen LogP contribution in [0.1, 0.15) is 38.3 Å². The molecule has 0 fully saturated rings. The Hall–Kier alpha value is -0.770. The number of likely N-dealkylation sites (N-methyl/N-ethyl adjacent to an activating group) is 1. The van der Waals surface area contributed by atoms with Crippen LogP contribution in [0.3, 0.4) is 0 Å². The second kappa shape index (κ2) is 8.41. The lowest BCUT2D eigenvalue weighted by Crippen LogP contribution is -2.33. The molecule has 0 radical (unpaired) electrons. The predicted molar refractivity (Wildman–Crippen MR) is 80.1 cm³/mol. The Labute approximate surface area is 121 Å². The Morgan fingerprint density at radius 3 is 2.53 bits per heavy atom. The number of hydrogen-bond acceptors (Lipinski definition) is 3. The number of rotatable bonds is 8. The summed E-state index contributed by atoms with van der Waals surface area (Å²) in [4.78, 5) is 0. The lowest BCUT2D eigenvalue weighted by molar-refractivity contribution is 0.0603. The Morgan fingerprint density at radius 1 is 1.26 bits per heavy atom. The van der Waals surface area contributed by atoms with Crippen molar-refractivity contribution < 1.29 is 9.47 Å². The van der Waals surface area contributed by atoms with Gasteiger partial charge in [-0.2, -0.15) is 0 Å². The highest BCUT2D eigenvalue weighted by Crippen LogP contribution is 2.32. The first kappa shape index (κ1) is 16.3. The third-order valence-corrected chi connectivity index (χ3v) is 3.43. The summed E-state index contributed by atoms with van der Waals surface area (Å²) < 4.78 is 11.1. The second-order valence-electron chi connectivity index (χ2n) is 4.48. The third-order valence-electron chi connectivity index (χ3n) is 3.20. The van der Waals surface area contributed by atoms with E-state index in [0.29, 0.717) is 5.02 Å². The first-order valence-corrected chi connectivity index (χ1v) is 7.15. The molecule has 0 heterocycles. The van der Waals surface area contributed by atoms with Crippen LogP contribution in [0.25, 0.3) is 0 Å². The zero-order valence-corrected chi connectivity index (χ0v) is 13.0. The molecule has 0 saturated heterocycles. The summed E-state index contributed by atoms with van der Waals surface area (Å²) in [6.07, 6.45) is 2.17. The van der Waals surface area contributed by atoms with Gasteiger partial charge in [0.1, 0.15) is 5.75 Å². The molecule has 2 unspecified atom stereocenters. The van der Waals surface area contributed by atoms with Crippen molar-refractivity contribution >= 4 is 11.6 Å². The second-order valence-corrected chi connectivity index (χ2v) is 4.92. The first-order chi connectivity index (χ1) is 9.17. The van der Waals surface area contributed by atoms with Crippen molar-refractivity contribution in [2.75, 3.05) is 20.8 Å². The van der Waals surface area contributed by atoms with Crippen LogP contribution in [0.4, 0.5) is 0 Å². The summed E-state index contributed by atoms with van der Waals surface area (Å²) in [5.41, 5.74) is 1.05. The minimum atomic E-state index is 0.0867. The lowest BCUT2D eigenvalue weighted by atomic mass is 9.97. The van der Waals surface area contributed by atoms with Gasteiger partial charge in [0.2, 0.25) is 0 Å². The molecule has 0 saturated carbocycles. The van der Waals surface area contributed by atoms with Gasteiger partial charge in [0.25, 0.3) is 0 Å². The fraction of sp³-hybridized carbons (Fsp3) is 0.600. The summed E-state index contributed by atoms with van der Waals surface area (Å²) in [5, 5.41) is 4.19. The van der Waals surface area contributed by atoms with Gasteiger partial charge in [-0.3, -0.25) is 0 Å². The van der Waals surface area contributed by atoms with E-state index in [1.807, 2.05) is 18.2 Å². The van der Waals surface area contributed by atoms with Crippen LogP contribution in [0.5, 0.6) is 5.75 Å². The van der Waals surface area contributed by atoms with Gasteiger partial charge in [0.05, 0.1) is 19.3 Å². The van der Waals surface area contributed by atoms with Crippen LogP contribution in [-0.2, 0) is 4.74 Å². The van der Waals surface area contributed by atoms with Crippen molar-refractivity contribution in [2.24, 2.45) is 0 Å². The zero-order chi connectivity index (χ0) is 14.3. The van der Waals surface area contributed by atoms with E-state index in [-0.39, 0.29) is 12.1 Å². The zero-order valence-electron chi connectivity index (χ0n) is 12.2. The molecule has 1 aromatic rings. The summed E-state index contributed by atoms with van der Waals surface area (Å²) in [6, 6.07) is 5.79. The number of nitrogens with one attached hydrogen (secondary N) is 1. The van der Waals surface area contributed by atoms with Gasteiger partial charge in [-0.1, -0.05) is 31.9 Å². The van der Waals surface area contributed by atoms with E-state index >= 15 is 0 Å². The molecule has 0 spiro atoms. The van der Waals surface area contributed by atoms with Crippen molar-refractivity contribution in [3.63, 3.8) is 0 Å². The van der Waals surface area contributed by atoms with Crippen LogP contribution in [0, 0.1) is 0 Å². The van der Waals surface area contributed by atoms with Gasteiger partial charge in [0.15, 0.2) is 0 Å². The maximum Gasteiger partial charge on any atom is 0.123 e. The molecular formula is C15H24ClNO2. The van der Waals surface area contributed by atoms with E-state index in [9.17, 15) is 0 Å². The molecule has 0 amide bonds. The molecule has 108 valence electrons. The van der Waals surface area contributed by atoms with Gasteiger partial charge in [0, 0.05) is 17.7 Å². The van der Waals surface area contributed by atoms with Crippen molar-refractivity contribution in [2.45, 2.75) is 38.8 Å². The summed E-state index contributed by atoms with van der Waals surface area (Å²) in [5.74, 6) is 0.841. The Kier molecular flexibility index (Phi) is 7.21. The summed E-state index contributed by atoms with van der Waals surface area (Å²) >= 11 is 6.12. The normalized spacial score (nSPS) is 14.2. The number of halogens is 1. The van der Waals surface area contributed by atoms with Crippen LogP contribution in [-0.4, -0.2) is 26.9 Å². The molecule has 0 aromatic heterocycles. The van der Waals surface area contributed by atoms with Gasteiger partial charge in [-0.05, 0) is 31.2 Å². The molecule has 0 bridgehead atoms. The monoisotopic (exact) mass is 285 g/mol. The minimum absolute atomic E-state index is 0.0867. The van der Waals surface area contributed by atoms with Gasteiger partial charge < -0.3 is 14.8 Å². The Morgan fingerprint density at radius 2 is 2.00 bits per heavy atom. The Bertz CT molecular complexity index is 384. The van der Waals surface area contributed by atoms with Gasteiger partial charge in [-0.15, -0.1) is 0 Å². The number of benzene rings is 1. The maximum atomic E-state index is 6.12. The standard InChI is InChI=1S/C15H24ClNO2/c1-5-7-14(19-4)15(17-6-2)12-10-11(16)8-9-13(12)18-3/h8-10,14-15,17H,5-7H2,1-4H3. The quantitative estimate of drug-likeness (QED) is 0.788. The predicted octanol–water partition coefficient (Wildman–Crippen LogP) is 3.81. The maximum absolute atomic E-state index is 6.12. The SMILES string of the molecule is CCCC(OC)C(NCC)c1cc(Cl)ccc1OC. The fourth-order valence-corrected chi connectivity index (χ4v) is 2.50. The molecule has 0 aliphatic carbocycles. The van der Waals surface area contributed by atoms with Gasteiger partial charge >= 0.3 is 0 Å². The smallest absolute Gasteiger partial charge is 0.123 e. The highest BCUT2D eigenvalue weighted by Gasteiger charge is 2.24. The largest absolute Gasteiger partial charge is 0.496 e. The van der Waals surface area contributed by atoms with Crippen molar-refractivity contribution in [3.05, 3.63) is 28.8 Å². The van der Waals surface area contributed by atoms with E-state index in [1.165, 1.54) is 0 Å². The molecule has 2 atom stereocenters. The van der Waals surface area contributed by atoms with E-state index < -0.39 is 0 Å². The minimum Gasteiger partial charge on any atom is -0.496 e. The van der Waals surface area contributed by atoms with Crippen molar-refractivity contribution in [1.29, 1.82) is 0 Å².